The van der Waals surface area contributed by atoms with E-state index >= 15 is 0 Å². The third-order valence-electron chi connectivity index (χ3n) is 2.43. The minimum absolute atomic E-state index is 0.0315. The third-order valence-corrected chi connectivity index (χ3v) is 3.30. The largest absolute Gasteiger partial charge is 0.335 e. The standard InChI is InChI=1S/C12H16N2OS/c1-9(2)14(6-4-5-13)12(15)11-8-16-7-10(11)3/h7-9H,4,6H2,1-3H3. The van der Waals surface area contributed by atoms with Crippen LogP contribution in [0.2, 0.25) is 0 Å². The van der Waals surface area contributed by atoms with Crippen LogP contribution in [0.1, 0.15) is 36.2 Å². The van der Waals surface area contributed by atoms with Gasteiger partial charge in [0.15, 0.2) is 0 Å². The highest BCUT2D eigenvalue weighted by atomic mass is 32.1. The van der Waals surface area contributed by atoms with E-state index in [1.165, 1.54) is 11.3 Å². The molecule has 1 amide bonds. The first-order chi connectivity index (χ1) is 7.57. The Morgan fingerprint density at radius 3 is 2.69 bits per heavy atom. The van der Waals surface area contributed by atoms with E-state index in [0.29, 0.717) is 13.0 Å². The molecule has 0 bridgehead atoms. The average molecular weight is 236 g/mol. The molecule has 1 heterocycles. The topological polar surface area (TPSA) is 44.1 Å². The van der Waals surface area contributed by atoms with Crippen LogP contribution in [-0.4, -0.2) is 23.4 Å². The molecule has 3 nitrogen and oxygen atoms in total. The van der Waals surface area contributed by atoms with Gasteiger partial charge in [0.2, 0.25) is 0 Å². The SMILES string of the molecule is Cc1cscc1C(=O)N(CCC#N)C(C)C. The van der Waals surface area contributed by atoms with E-state index in [1.807, 2.05) is 31.5 Å². The first-order valence-corrected chi connectivity index (χ1v) is 6.23. The van der Waals surface area contributed by atoms with Crippen molar-refractivity contribution >= 4 is 17.2 Å². The van der Waals surface area contributed by atoms with Gasteiger partial charge >= 0.3 is 0 Å². The summed E-state index contributed by atoms with van der Waals surface area (Å²) in [6.07, 6.45) is 0.382. The van der Waals surface area contributed by atoms with Crippen LogP contribution in [0.3, 0.4) is 0 Å². The lowest BCUT2D eigenvalue weighted by Gasteiger charge is -2.25. The van der Waals surface area contributed by atoms with Crippen LogP contribution < -0.4 is 0 Å². The zero-order valence-corrected chi connectivity index (χ0v) is 10.7. The van der Waals surface area contributed by atoms with Crippen molar-refractivity contribution < 1.29 is 4.79 Å². The fraction of sp³-hybridized carbons (Fsp3) is 0.500. The van der Waals surface area contributed by atoms with Gasteiger partial charge in [-0.2, -0.15) is 16.6 Å². The summed E-state index contributed by atoms with van der Waals surface area (Å²) in [6, 6.07) is 2.20. The molecule has 1 aromatic rings. The van der Waals surface area contributed by atoms with Gasteiger partial charge in [-0.25, -0.2) is 0 Å². The van der Waals surface area contributed by atoms with Crippen LogP contribution in [-0.2, 0) is 0 Å². The van der Waals surface area contributed by atoms with E-state index in [-0.39, 0.29) is 11.9 Å². The van der Waals surface area contributed by atoms with Gasteiger partial charge in [-0.05, 0) is 31.7 Å². The molecular formula is C12H16N2OS. The van der Waals surface area contributed by atoms with E-state index in [0.717, 1.165) is 11.1 Å². The molecule has 86 valence electrons. The Labute approximate surface area is 100 Å². The predicted octanol–water partition coefficient (Wildman–Crippen LogP) is 2.82. The van der Waals surface area contributed by atoms with Crippen molar-refractivity contribution in [3.05, 3.63) is 21.9 Å². The molecule has 0 unspecified atom stereocenters. The van der Waals surface area contributed by atoms with Crippen LogP contribution in [0, 0.1) is 18.3 Å². The molecule has 0 aliphatic heterocycles. The third kappa shape index (κ3) is 2.83. The van der Waals surface area contributed by atoms with Gasteiger partial charge in [0.25, 0.3) is 5.91 Å². The normalized spacial score (nSPS) is 10.2. The minimum atomic E-state index is 0.0315. The Hall–Kier alpha value is -1.34. The molecule has 1 aromatic heterocycles. The van der Waals surface area contributed by atoms with Crippen molar-refractivity contribution in [1.29, 1.82) is 5.26 Å². The summed E-state index contributed by atoms with van der Waals surface area (Å²) in [5, 5.41) is 12.4. The van der Waals surface area contributed by atoms with Crippen molar-refractivity contribution in [2.75, 3.05) is 6.54 Å². The molecule has 0 fully saturated rings. The Morgan fingerprint density at radius 2 is 2.25 bits per heavy atom. The maximum atomic E-state index is 12.2. The van der Waals surface area contributed by atoms with Crippen molar-refractivity contribution in [1.82, 2.24) is 4.90 Å². The summed E-state index contributed by atoms with van der Waals surface area (Å²) in [7, 11) is 0. The number of hydrogen-bond acceptors (Lipinski definition) is 3. The van der Waals surface area contributed by atoms with Crippen LogP contribution in [0.4, 0.5) is 0 Å². The Bertz CT molecular complexity index is 403. The van der Waals surface area contributed by atoms with Crippen molar-refractivity contribution in [3.63, 3.8) is 0 Å². The van der Waals surface area contributed by atoms with Gasteiger partial charge in [0.05, 0.1) is 18.1 Å². The first kappa shape index (κ1) is 12.7. The number of aryl methyl sites for hydroxylation is 1. The fourth-order valence-electron chi connectivity index (χ4n) is 1.50. The average Bonchev–Trinajstić information content (AvgIpc) is 2.64. The predicted molar refractivity (Wildman–Crippen MR) is 65.5 cm³/mol. The van der Waals surface area contributed by atoms with Gasteiger partial charge in [0, 0.05) is 18.0 Å². The van der Waals surface area contributed by atoms with Crippen molar-refractivity contribution in [2.45, 2.75) is 33.2 Å². The maximum Gasteiger partial charge on any atom is 0.255 e. The molecule has 0 N–H and O–H groups in total. The minimum Gasteiger partial charge on any atom is -0.335 e. The van der Waals surface area contributed by atoms with E-state index in [9.17, 15) is 4.79 Å². The number of amides is 1. The molecule has 4 heteroatoms. The summed E-state index contributed by atoms with van der Waals surface area (Å²) in [5.74, 6) is 0.0315. The zero-order chi connectivity index (χ0) is 12.1. The van der Waals surface area contributed by atoms with E-state index < -0.39 is 0 Å². The molecule has 0 radical (unpaired) electrons. The van der Waals surface area contributed by atoms with Gasteiger partial charge in [-0.1, -0.05) is 0 Å². The van der Waals surface area contributed by atoms with Crippen molar-refractivity contribution in [2.24, 2.45) is 0 Å². The Kier molecular flexibility index (Phi) is 4.51. The summed E-state index contributed by atoms with van der Waals surface area (Å²) in [5.41, 5.74) is 1.77. The molecule has 0 aromatic carbocycles. The van der Waals surface area contributed by atoms with Crippen LogP contribution in [0.5, 0.6) is 0 Å². The number of nitrogens with zero attached hydrogens (tertiary/aromatic N) is 2. The Balaban J connectivity index is 2.84. The number of carbonyl (C=O) groups excluding carboxylic acids is 1. The summed E-state index contributed by atoms with van der Waals surface area (Å²) in [6.45, 7) is 6.38. The highest BCUT2D eigenvalue weighted by Crippen LogP contribution is 2.17. The van der Waals surface area contributed by atoms with Gasteiger partial charge in [-0.15, -0.1) is 0 Å². The second-order valence-electron chi connectivity index (χ2n) is 3.97. The zero-order valence-electron chi connectivity index (χ0n) is 9.86. The summed E-state index contributed by atoms with van der Waals surface area (Å²) >= 11 is 1.53. The highest BCUT2D eigenvalue weighted by Gasteiger charge is 2.20. The number of thiophene rings is 1. The van der Waals surface area contributed by atoms with Gasteiger partial charge in [-0.3, -0.25) is 4.79 Å². The highest BCUT2D eigenvalue weighted by molar-refractivity contribution is 7.08. The van der Waals surface area contributed by atoms with E-state index in [4.69, 9.17) is 5.26 Å². The lowest BCUT2D eigenvalue weighted by molar-refractivity contribution is 0.0710. The molecule has 0 saturated heterocycles. The van der Waals surface area contributed by atoms with Gasteiger partial charge < -0.3 is 4.90 Å². The molecule has 0 aliphatic rings. The number of carbonyl (C=O) groups is 1. The molecule has 0 saturated carbocycles. The molecule has 0 spiro atoms. The second-order valence-corrected chi connectivity index (χ2v) is 4.71. The first-order valence-electron chi connectivity index (χ1n) is 5.28. The van der Waals surface area contributed by atoms with E-state index in [2.05, 4.69) is 6.07 Å². The quantitative estimate of drug-likeness (QED) is 0.806. The molecule has 16 heavy (non-hydrogen) atoms. The maximum absolute atomic E-state index is 12.2. The Morgan fingerprint density at radius 1 is 1.56 bits per heavy atom. The second kappa shape index (κ2) is 5.66. The molecular weight excluding hydrogens is 220 g/mol. The van der Waals surface area contributed by atoms with Gasteiger partial charge in [0.1, 0.15) is 0 Å². The molecule has 0 aliphatic carbocycles. The number of rotatable bonds is 4. The van der Waals surface area contributed by atoms with Crippen LogP contribution in [0.15, 0.2) is 10.8 Å². The number of hydrogen-bond donors (Lipinski definition) is 0. The lowest BCUT2D eigenvalue weighted by Crippen LogP contribution is -2.37. The van der Waals surface area contributed by atoms with Crippen LogP contribution >= 0.6 is 11.3 Å². The fourth-order valence-corrected chi connectivity index (χ4v) is 2.32. The summed E-state index contributed by atoms with van der Waals surface area (Å²) in [4.78, 5) is 13.9. The van der Waals surface area contributed by atoms with E-state index in [1.54, 1.807) is 4.90 Å². The van der Waals surface area contributed by atoms with Crippen LogP contribution in [0.25, 0.3) is 0 Å². The smallest absolute Gasteiger partial charge is 0.255 e. The molecule has 1 rings (SSSR count). The lowest BCUT2D eigenvalue weighted by atomic mass is 10.1. The summed E-state index contributed by atoms with van der Waals surface area (Å²) < 4.78 is 0. The van der Waals surface area contributed by atoms with Crippen molar-refractivity contribution in [3.8, 4) is 6.07 Å². The monoisotopic (exact) mass is 236 g/mol. The number of nitriles is 1. The molecule has 0 atom stereocenters.